The molecule has 6 aromatic rings. The fraction of sp³-hybridized carbons (Fsp3) is 0.192. The lowest BCUT2D eigenvalue weighted by Gasteiger charge is -2.18. The first-order valence-corrected chi connectivity index (χ1v) is 11.7. The molecule has 0 amide bonds. The van der Waals surface area contributed by atoms with Gasteiger partial charge < -0.3 is 26.0 Å². The number of nitrogens with two attached hydrogens (primary N) is 1. The van der Waals surface area contributed by atoms with E-state index in [4.69, 9.17) is 10.5 Å². The molecular formula is C26H22N6O4. The monoisotopic (exact) mass is 482 g/mol. The lowest BCUT2D eigenvalue weighted by atomic mass is 9.94. The normalized spacial score (nSPS) is 20.3. The number of rotatable bonds is 4. The van der Waals surface area contributed by atoms with Crippen LogP contribution in [0.4, 0.5) is 17.6 Å². The van der Waals surface area contributed by atoms with E-state index in [-0.39, 0.29) is 30.1 Å². The number of H-pyrrole nitrogens is 1. The molecule has 0 unspecified atom stereocenters. The number of hydrogen-bond donors (Lipinski definition) is 5. The van der Waals surface area contributed by atoms with Crippen LogP contribution in [-0.4, -0.2) is 48.5 Å². The fourth-order valence-electron chi connectivity index (χ4n) is 5.35. The highest BCUT2D eigenvalue weighted by molar-refractivity contribution is 6.23. The minimum atomic E-state index is -0.873. The molecule has 7 rings (SSSR count). The van der Waals surface area contributed by atoms with Crippen molar-refractivity contribution in [1.29, 1.82) is 0 Å². The van der Waals surface area contributed by atoms with Gasteiger partial charge in [-0.1, -0.05) is 42.5 Å². The molecule has 4 aromatic carbocycles. The number of nitrogens with zero attached hydrogens (tertiary/aromatic N) is 3. The second-order valence-corrected chi connectivity index (χ2v) is 9.18. The Labute approximate surface area is 203 Å². The largest absolute Gasteiger partial charge is 0.394 e. The molecule has 0 radical (unpaired) electrons. The molecule has 1 aliphatic heterocycles. The van der Waals surface area contributed by atoms with Crippen LogP contribution in [0.2, 0.25) is 0 Å². The van der Waals surface area contributed by atoms with Crippen molar-refractivity contribution in [1.82, 2.24) is 19.5 Å². The Morgan fingerprint density at radius 3 is 2.39 bits per heavy atom. The van der Waals surface area contributed by atoms with Crippen LogP contribution in [-0.2, 0) is 4.74 Å². The van der Waals surface area contributed by atoms with Crippen molar-refractivity contribution in [3.05, 3.63) is 65.0 Å². The molecule has 3 atom stereocenters. The molecule has 10 heteroatoms. The van der Waals surface area contributed by atoms with E-state index in [1.54, 1.807) is 4.57 Å². The van der Waals surface area contributed by atoms with Crippen LogP contribution in [0, 0.1) is 0 Å². The van der Waals surface area contributed by atoms with Crippen LogP contribution in [0.3, 0.4) is 0 Å². The number of aliphatic hydroxyl groups is 2. The third-order valence-corrected chi connectivity index (χ3v) is 6.96. The van der Waals surface area contributed by atoms with Crippen molar-refractivity contribution in [2.24, 2.45) is 0 Å². The number of fused-ring (bicyclic) bond motifs is 1. The molecule has 1 fully saturated rings. The van der Waals surface area contributed by atoms with E-state index in [9.17, 15) is 15.0 Å². The lowest BCUT2D eigenvalue weighted by molar-refractivity contribution is -0.0425. The van der Waals surface area contributed by atoms with Gasteiger partial charge in [0.15, 0.2) is 11.2 Å². The quantitative estimate of drug-likeness (QED) is 0.241. The number of hydrogen-bond acceptors (Lipinski definition) is 8. The van der Waals surface area contributed by atoms with Gasteiger partial charge in [0.2, 0.25) is 11.9 Å². The van der Waals surface area contributed by atoms with Crippen molar-refractivity contribution < 1.29 is 14.9 Å². The molecule has 3 heterocycles. The topological polar surface area (TPSA) is 151 Å². The van der Waals surface area contributed by atoms with Crippen LogP contribution in [0.1, 0.15) is 12.6 Å². The molecule has 6 N–H and O–H groups in total. The Morgan fingerprint density at radius 1 is 1.06 bits per heavy atom. The molecule has 0 bridgehead atoms. The molecule has 1 aliphatic rings. The number of nitrogens with one attached hydrogen (secondary N) is 2. The summed E-state index contributed by atoms with van der Waals surface area (Å²) in [6, 6.07) is 18.8. The second-order valence-electron chi connectivity index (χ2n) is 9.18. The number of benzene rings is 4. The standard InChI is InChI=1S/C26H22N6O4/c27-25-30-23-22(24(35)31-25)29-26(32(23)19-10-17(34)18(11-33)36-19)28-16-8-14-6-4-12-2-1-3-13-5-7-15(9-16)21(14)20(12)13/h1-9,17-19,33-34H,10-11H2,(H,28,29)(H3,27,30,31,35)/t17-,18+,19+/m0/s1. The van der Waals surface area contributed by atoms with E-state index in [1.165, 1.54) is 21.5 Å². The van der Waals surface area contributed by atoms with Gasteiger partial charge in [-0.25, -0.2) is 4.98 Å². The Kier molecular flexibility index (Phi) is 4.46. The zero-order valence-electron chi connectivity index (χ0n) is 19.0. The summed E-state index contributed by atoms with van der Waals surface area (Å²) in [5.41, 5.74) is 6.42. The highest BCUT2D eigenvalue weighted by Crippen LogP contribution is 2.38. The highest BCUT2D eigenvalue weighted by Gasteiger charge is 2.37. The van der Waals surface area contributed by atoms with Crippen molar-refractivity contribution >= 4 is 61.1 Å². The molecule has 0 aliphatic carbocycles. The average molecular weight is 483 g/mol. The number of aromatic nitrogens is 4. The van der Waals surface area contributed by atoms with Crippen molar-refractivity contribution in [3.63, 3.8) is 0 Å². The minimum absolute atomic E-state index is 0.0552. The first-order chi connectivity index (χ1) is 17.5. The first-order valence-electron chi connectivity index (χ1n) is 11.7. The maximum absolute atomic E-state index is 12.6. The van der Waals surface area contributed by atoms with Gasteiger partial charge in [-0.2, -0.15) is 4.98 Å². The number of aliphatic hydroxyl groups excluding tert-OH is 2. The first kappa shape index (κ1) is 21.1. The number of imidazole rings is 1. The highest BCUT2D eigenvalue weighted by atomic mass is 16.5. The maximum atomic E-state index is 12.6. The molecule has 0 spiro atoms. The fourth-order valence-corrected chi connectivity index (χ4v) is 5.35. The molecule has 1 saturated heterocycles. The molecule has 36 heavy (non-hydrogen) atoms. The van der Waals surface area contributed by atoms with E-state index >= 15 is 0 Å². The third-order valence-electron chi connectivity index (χ3n) is 6.96. The van der Waals surface area contributed by atoms with Crippen LogP contribution in [0.25, 0.3) is 43.5 Å². The van der Waals surface area contributed by atoms with E-state index in [0.717, 1.165) is 16.5 Å². The number of anilines is 3. The number of aromatic amines is 1. The van der Waals surface area contributed by atoms with E-state index in [1.807, 2.05) is 12.1 Å². The summed E-state index contributed by atoms with van der Waals surface area (Å²) in [5.74, 6) is 0.262. The van der Waals surface area contributed by atoms with E-state index < -0.39 is 24.0 Å². The Hall–Kier alpha value is -4.25. The molecule has 0 saturated carbocycles. The predicted octanol–water partition coefficient (Wildman–Crippen LogP) is 2.98. The summed E-state index contributed by atoms with van der Waals surface area (Å²) in [7, 11) is 0. The Bertz CT molecular complexity index is 1780. The third kappa shape index (κ3) is 3.05. The van der Waals surface area contributed by atoms with Gasteiger partial charge in [-0.15, -0.1) is 0 Å². The summed E-state index contributed by atoms with van der Waals surface area (Å²) < 4.78 is 7.50. The van der Waals surface area contributed by atoms with Crippen LogP contribution in [0.15, 0.2) is 59.4 Å². The summed E-state index contributed by atoms with van der Waals surface area (Å²) in [5, 5.41) is 30.2. The summed E-state index contributed by atoms with van der Waals surface area (Å²) in [6.45, 7) is -0.334. The Morgan fingerprint density at radius 2 is 1.72 bits per heavy atom. The smallest absolute Gasteiger partial charge is 0.280 e. The second kappa shape index (κ2) is 7.62. The van der Waals surface area contributed by atoms with Gasteiger partial charge in [-0.3, -0.25) is 14.3 Å². The van der Waals surface area contributed by atoms with Crippen LogP contribution < -0.4 is 16.6 Å². The van der Waals surface area contributed by atoms with Gasteiger partial charge in [0.1, 0.15) is 12.3 Å². The molecule has 180 valence electrons. The number of ether oxygens (including phenoxy) is 1. The van der Waals surface area contributed by atoms with E-state index in [2.05, 4.69) is 62.7 Å². The summed E-state index contributed by atoms with van der Waals surface area (Å²) >= 11 is 0. The summed E-state index contributed by atoms with van der Waals surface area (Å²) in [6.07, 6.45) is -2.14. The van der Waals surface area contributed by atoms with Crippen molar-refractivity contribution in [3.8, 4) is 0 Å². The van der Waals surface area contributed by atoms with Gasteiger partial charge in [-0.05, 0) is 44.5 Å². The van der Waals surface area contributed by atoms with Crippen LogP contribution >= 0.6 is 0 Å². The average Bonchev–Trinajstić information content (AvgIpc) is 3.41. The zero-order valence-corrected chi connectivity index (χ0v) is 19.0. The predicted molar refractivity (Wildman–Crippen MR) is 138 cm³/mol. The maximum Gasteiger partial charge on any atom is 0.280 e. The van der Waals surface area contributed by atoms with Gasteiger partial charge in [0, 0.05) is 12.1 Å². The number of nitrogen functional groups attached to an aromatic ring is 1. The molecule has 2 aromatic heterocycles. The minimum Gasteiger partial charge on any atom is -0.394 e. The van der Waals surface area contributed by atoms with Crippen LogP contribution in [0.5, 0.6) is 0 Å². The van der Waals surface area contributed by atoms with Crippen molar-refractivity contribution in [2.45, 2.75) is 24.9 Å². The van der Waals surface area contributed by atoms with Gasteiger partial charge in [0.05, 0.1) is 12.7 Å². The lowest BCUT2D eigenvalue weighted by Crippen LogP contribution is -2.24. The van der Waals surface area contributed by atoms with Gasteiger partial charge in [0.25, 0.3) is 5.56 Å². The van der Waals surface area contributed by atoms with Crippen molar-refractivity contribution in [2.75, 3.05) is 17.7 Å². The Balaban J connectivity index is 1.40. The molecular weight excluding hydrogens is 460 g/mol. The molecule has 10 nitrogen and oxygen atoms in total. The zero-order chi connectivity index (χ0) is 24.6. The SMILES string of the molecule is Nc1nc2c(nc(Nc3cc4ccc5cccc6ccc(c3)c4c56)n2[C@H]2C[C@H](O)[C@@H](CO)O2)c(=O)[nH]1. The van der Waals surface area contributed by atoms with Gasteiger partial charge >= 0.3 is 0 Å². The summed E-state index contributed by atoms with van der Waals surface area (Å²) in [4.78, 5) is 23.9. The van der Waals surface area contributed by atoms with E-state index in [0.29, 0.717) is 5.95 Å².